The van der Waals surface area contributed by atoms with E-state index in [0.29, 0.717) is 0 Å². The van der Waals surface area contributed by atoms with Gasteiger partial charge in [-0.25, -0.2) is 4.79 Å². The lowest BCUT2D eigenvalue weighted by molar-refractivity contribution is -0.117. The van der Waals surface area contributed by atoms with Crippen LogP contribution in [0.3, 0.4) is 0 Å². The molecule has 0 spiro atoms. The third kappa shape index (κ3) is 6.29. The van der Waals surface area contributed by atoms with Gasteiger partial charge in [-0.05, 0) is 51.8 Å². The molecule has 0 bridgehead atoms. The average Bonchev–Trinajstić information content (AvgIpc) is 2.36. The van der Waals surface area contributed by atoms with Crippen LogP contribution in [0.4, 0.5) is 10.5 Å². The highest BCUT2D eigenvalue weighted by molar-refractivity contribution is 5.96. The predicted octanol–water partition coefficient (Wildman–Crippen LogP) is 3.10. The second kappa shape index (κ2) is 7.11. The number of nitrogens with one attached hydrogen (secondary N) is 2. The number of aryl methyl sites for hydroxylation is 1. The number of ether oxygens (including phenoxy) is 1. The number of carbonyl (C=O) groups excluding carboxylic acids is 2. The topological polar surface area (TPSA) is 67.4 Å². The molecule has 0 aromatic heterocycles. The Hall–Kier alpha value is -2.04. The van der Waals surface area contributed by atoms with Crippen LogP contribution >= 0.6 is 0 Å². The SMILES string of the molecule is CCc1cccc(NC(=O)[C@@H](C)NC(=O)OC(C)(C)C)c1. The normalized spacial score (nSPS) is 12.4. The Labute approximate surface area is 126 Å². The molecule has 5 nitrogen and oxygen atoms in total. The lowest BCUT2D eigenvalue weighted by Crippen LogP contribution is -2.43. The van der Waals surface area contributed by atoms with Crippen LogP contribution in [0.2, 0.25) is 0 Å². The van der Waals surface area contributed by atoms with E-state index in [1.165, 1.54) is 0 Å². The second-order valence-electron chi connectivity index (χ2n) is 5.91. The minimum atomic E-state index is -0.676. The minimum absolute atomic E-state index is 0.283. The van der Waals surface area contributed by atoms with Crippen molar-refractivity contribution < 1.29 is 14.3 Å². The maximum atomic E-state index is 12.0. The molecule has 0 aliphatic carbocycles. The zero-order valence-electron chi connectivity index (χ0n) is 13.3. The minimum Gasteiger partial charge on any atom is -0.444 e. The van der Waals surface area contributed by atoms with Crippen LogP contribution in [0.5, 0.6) is 0 Å². The summed E-state index contributed by atoms with van der Waals surface area (Å²) in [4.78, 5) is 23.6. The van der Waals surface area contributed by atoms with E-state index in [2.05, 4.69) is 10.6 Å². The third-order valence-corrected chi connectivity index (χ3v) is 2.73. The van der Waals surface area contributed by atoms with Gasteiger partial charge in [0.1, 0.15) is 11.6 Å². The molecular formula is C16H24N2O3. The molecule has 0 radical (unpaired) electrons. The van der Waals surface area contributed by atoms with E-state index >= 15 is 0 Å². The molecule has 1 aromatic carbocycles. The van der Waals surface area contributed by atoms with Crippen LogP contribution < -0.4 is 10.6 Å². The lowest BCUT2D eigenvalue weighted by atomic mass is 10.1. The van der Waals surface area contributed by atoms with E-state index in [9.17, 15) is 9.59 Å². The van der Waals surface area contributed by atoms with Crippen molar-refractivity contribution in [2.45, 2.75) is 52.7 Å². The highest BCUT2D eigenvalue weighted by Gasteiger charge is 2.21. The summed E-state index contributed by atoms with van der Waals surface area (Å²) in [5.74, 6) is -0.283. The molecule has 5 heteroatoms. The zero-order chi connectivity index (χ0) is 16.0. The van der Waals surface area contributed by atoms with Crippen LogP contribution in [-0.4, -0.2) is 23.6 Å². The Morgan fingerprint density at radius 3 is 2.52 bits per heavy atom. The highest BCUT2D eigenvalue weighted by Crippen LogP contribution is 2.11. The summed E-state index contributed by atoms with van der Waals surface area (Å²) in [5.41, 5.74) is 1.27. The lowest BCUT2D eigenvalue weighted by Gasteiger charge is -2.21. The molecule has 116 valence electrons. The smallest absolute Gasteiger partial charge is 0.408 e. The number of hydrogen-bond acceptors (Lipinski definition) is 3. The molecule has 2 N–H and O–H groups in total. The van der Waals surface area contributed by atoms with Gasteiger partial charge in [0.05, 0.1) is 0 Å². The Morgan fingerprint density at radius 1 is 1.29 bits per heavy atom. The van der Waals surface area contributed by atoms with E-state index in [1.54, 1.807) is 27.7 Å². The molecule has 1 atom stereocenters. The predicted molar refractivity (Wildman–Crippen MR) is 83.3 cm³/mol. The quantitative estimate of drug-likeness (QED) is 0.896. The summed E-state index contributed by atoms with van der Waals surface area (Å²) in [7, 11) is 0. The number of rotatable bonds is 4. The molecule has 0 aliphatic heterocycles. The number of amides is 2. The summed E-state index contributed by atoms with van der Waals surface area (Å²) in [6, 6.07) is 6.94. The van der Waals surface area contributed by atoms with Gasteiger partial charge in [-0.15, -0.1) is 0 Å². The molecule has 0 fully saturated rings. The first kappa shape index (κ1) is 17.0. The van der Waals surface area contributed by atoms with Crippen molar-refractivity contribution in [1.29, 1.82) is 0 Å². The van der Waals surface area contributed by atoms with Crippen molar-refractivity contribution >= 4 is 17.7 Å². The third-order valence-electron chi connectivity index (χ3n) is 2.73. The molecule has 0 aliphatic rings. The molecule has 0 saturated carbocycles. The Morgan fingerprint density at radius 2 is 1.95 bits per heavy atom. The summed E-state index contributed by atoms with van der Waals surface area (Å²) in [6.07, 6.45) is 0.294. The van der Waals surface area contributed by atoms with Crippen LogP contribution in [0, 0.1) is 0 Å². The molecule has 21 heavy (non-hydrogen) atoms. The first-order valence-corrected chi connectivity index (χ1v) is 7.10. The Balaban J connectivity index is 2.56. The summed E-state index contributed by atoms with van der Waals surface area (Å²) in [5, 5.41) is 5.29. The summed E-state index contributed by atoms with van der Waals surface area (Å²) in [6.45, 7) is 8.98. The van der Waals surface area contributed by atoms with Gasteiger partial charge in [0.25, 0.3) is 0 Å². The monoisotopic (exact) mass is 292 g/mol. The van der Waals surface area contributed by atoms with Gasteiger partial charge in [0.15, 0.2) is 0 Å². The van der Waals surface area contributed by atoms with E-state index < -0.39 is 17.7 Å². The number of hydrogen-bond donors (Lipinski definition) is 2. The number of carbonyl (C=O) groups is 2. The maximum Gasteiger partial charge on any atom is 0.408 e. The Kier molecular flexibility index (Phi) is 5.76. The van der Waals surface area contributed by atoms with Crippen LogP contribution in [0.25, 0.3) is 0 Å². The molecule has 0 unspecified atom stereocenters. The molecule has 0 saturated heterocycles. The number of benzene rings is 1. The highest BCUT2D eigenvalue weighted by atomic mass is 16.6. The molecular weight excluding hydrogens is 268 g/mol. The Bertz CT molecular complexity index is 506. The van der Waals surface area contributed by atoms with E-state index in [0.717, 1.165) is 17.7 Å². The van der Waals surface area contributed by atoms with E-state index in [4.69, 9.17) is 4.74 Å². The van der Waals surface area contributed by atoms with Crippen molar-refractivity contribution in [1.82, 2.24) is 5.32 Å². The van der Waals surface area contributed by atoms with Gasteiger partial charge < -0.3 is 15.4 Å². The largest absolute Gasteiger partial charge is 0.444 e. The maximum absolute atomic E-state index is 12.0. The number of alkyl carbamates (subject to hydrolysis) is 1. The molecule has 1 rings (SSSR count). The molecule has 0 heterocycles. The van der Waals surface area contributed by atoms with E-state index in [1.807, 2.05) is 31.2 Å². The first-order valence-electron chi connectivity index (χ1n) is 7.10. The van der Waals surface area contributed by atoms with Crippen molar-refractivity contribution in [2.24, 2.45) is 0 Å². The summed E-state index contributed by atoms with van der Waals surface area (Å²) >= 11 is 0. The van der Waals surface area contributed by atoms with Gasteiger partial charge in [0.2, 0.25) is 5.91 Å². The van der Waals surface area contributed by atoms with Crippen LogP contribution in [0.1, 0.15) is 40.2 Å². The zero-order valence-corrected chi connectivity index (χ0v) is 13.3. The van der Waals surface area contributed by atoms with Crippen molar-refractivity contribution in [2.75, 3.05) is 5.32 Å². The van der Waals surface area contributed by atoms with Gasteiger partial charge in [-0.3, -0.25) is 4.79 Å². The van der Waals surface area contributed by atoms with Crippen LogP contribution in [0.15, 0.2) is 24.3 Å². The van der Waals surface area contributed by atoms with Gasteiger partial charge >= 0.3 is 6.09 Å². The fourth-order valence-corrected chi connectivity index (χ4v) is 1.67. The fourth-order valence-electron chi connectivity index (χ4n) is 1.67. The van der Waals surface area contributed by atoms with Crippen molar-refractivity contribution in [3.05, 3.63) is 29.8 Å². The standard InChI is InChI=1S/C16H24N2O3/c1-6-12-8-7-9-13(10-12)18-14(19)11(2)17-15(20)21-16(3,4)5/h7-11H,6H2,1-5H3,(H,17,20)(H,18,19)/t11-/m1/s1. The average molecular weight is 292 g/mol. The van der Waals surface area contributed by atoms with Crippen molar-refractivity contribution in [3.63, 3.8) is 0 Å². The van der Waals surface area contributed by atoms with Crippen molar-refractivity contribution in [3.8, 4) is 0 Å². The van der Waals surface area contributed by atoms with E-state index in [-0.39, 0.29) is 5.91 Å². The second-order valence-corrected chi connectivity index (χ2v) is 5.91. The molecule has 2 amide bonds. The molecule has 1 aromatic rings. The van der Waals surface area contributed by atoms with Gasteiger partial charge in [-0.2, -0.15) is 0 Å². The summed E-state index contributed by atoms with van der Waals surface area (Å²) < 4.78 is 5.12. The number of anilines is 1. The van der Waals surface area contributed by atoms with Crippen LogP contribution in [-0.2, 0) is 16.0 Å². The first-order chi connectivity index (χ1) is 9.71. The van der Waals surface area contributed by atoms with Gasteiger partial charge in [0, 0.05) is 5.69 Å². The fraction of sp³-hybridized carbons (Fsp3) is 0.500. The van der Waals surface area contributed by atoms with Gasteiger partial charge in [-0.1, -0.05) is 19.1 Å².